The van der Waals surface area contributed by atoms with E-state index in [0.717, 1.165) is 6.26 Å². The van der Waals surface area contributed by atoms with Crippen molar-refractivity contribution in [2.24, 2.45) is 0 Å². The maximum Gasteiger partial charge on any atom is 0.292 e. The molecule has 30 valence electrons. The van der Waals surface area contributed by atoms with Gasteiger partial charge in [-0.05, 0) is 0 Å². The molecule has 0 fully saturated rings. The van der Waals surface area contributed by atoms with Gasteiger partial charge in [-0.1, -0.05) is 12.3 Å². The van der Waals surface area contributed by atoms with Gasteiger partial charge in [0, 0.05) is 0 Å². The van der Waals surface area contributed by atoms with E-state index in [1.54, 1.807) is 0 Å². The van der Waals surface area contributed by atoms with Crippen molar-refractivity contribution in [2.45, 2.75) is 0 Å². The molecule has 0 saturated carbocycles. The Balaban J connectivity index is 3.16. The highest BCUT2D eigenvalue weighted by molar-refractivity contribution is 4.68. The summed E-state index contributed by atoms with van der Waals surface area (Å²) in [5, 5.41) is 7.63. The first kappa shape index (κ1) is 4.81. The highest BCUT2D eigenvalue weighted by Gasteiger charge is 1.55. The quantitative estimate of drug-likeness (QED) is 0.265. The Labute approximate surface area is 36.0 Å². The van der Waals surface area contributed by atoms with Gasteiger partial charge in [0.1, 0.15) is 6.26 Å². The molecule has 0 aromatic carbocycles. The molecule has 2 nitrogen and oxygen atoms in total. The summed E-state index contributed by atoms with van der Waals surface area (Å²) in [6.45, 7) is 3.14. The fourth-order valence-electron chi connectivity index (χ4n) is 0.0680. The third kappa shape index (κ3) is 2.81. The van der Waals surface area contributed by atoms with Crippen LogP contribution in [0.4, 0.5) is 0 Å². The number of nitrogens with zero attached hydrogens (tertiary/aromatic N) is 1. The highest BCUT2D eigenvalue weighted by Crippen LogP contribution is 1.62. The van der Waals surface area contributed by atoms with Gasteiger partial charge in [-0.2, -0.15) is 0 Å². The first-order valence-electron chi connectivity index (χ1n) is 1.31. The topological polar surface area (TPSA) is 33.0 Å². The van der Waals surface area contributed by atoms with Crippen molar-refractivity contribution in [2.75, 3.05) is 0 Å². The van der Waals surface area contributed by atoms with Gasteiger partial charge in [0.25, 0.3) is 6.26 Å². The van der Waals surface area contributed by atoms with Gasteiger partial charge < -0.3 is 4.74 Å². The molecule has 0 saturated heterocycles. The molecule has 2 heteroatoms. The van der Waals surface area contributed by atoms with Crippen molar-refractivity contribution in [3.63, 3.8) is 0 Å². The van der Waals surface area contributed by atoms with E-state index in [2.05, 4.69) is 17.0 Å². The number of hydrogen-bond donors (Lipinski definition) is 0. The van der Waals surface area contributed by atoms with Crippen LogP contribution in [0.15, 0.2) is 18.6 Å². The minimum atomic E-state index is 1.08. The molecule has 0 aliphatic rings. The van der Waals surface area contributed by atoms with Crippen LogP contribution in [0.25, 0.3) is 0 Å². The van der Waals surface area contributed by atoms with E-state index in [9.17, 15) is 0 Å². The molecule has 0 atom stereocenters. The van der Waals surface area contributed by atoms with Gasteiger partial charge in [0.2, 0.25) is 0 Å². The van der Waals surface area contributed by atoms with Crippen LogP contribution in [0, 0.1) is 11.5 Å². The zero-order chi connectivity index (χ0) is 4.83. The van der Waals surface area contributed by atoms with Crippen LogP contribution in [-0.2, 0) is 4.74 Å². The monoisotopic (exact) mass is 81.0 g/mol. The predicted octanol–water partition coefficient (Wildman–Crippen LogP) is 0.783. The molecule has 0 bridgehead atoms. The zero-order valence-electron chi connectivity index (χ0n) is 3.14. The molecule has 0 rings (SSSR count). The van der Waals surface area contributed by atoms with Crippen LogP contribution >= 0.6 is 0 Å². The maximum absolute atomic E-state index is 7.63. The Morgan fingerprint density at radius 3 is 2.67 bits per heavy atom. The molecular formula is C4H3NO. The lowest BCUT2D eigenvalue weighted by Crippen LogP contribution is -1.55. The third-order valence-corrected chi connectivity index (χ3v) is 0.195. The molecular weight excluding hydrogens is 78.1 g/mol. The Kier molecular flexibility index (Phi) is 3.05. The van der Waals surface area contributed by atoms with Gasteiger partial charge in [-0.25, -0.2) is 0 Å². The van der Waals surface area contributed by atoms with Crippen molar-refractivity contribution in [1.29, 1.82) is 5.26 Å². The fourth-order valence-corrected chi connectivity index (χ4v) is 0.0680. The average Bonchev–Trinajstić information content (AvgIpc) is 1.61. The van der Waals surface area contributed by atoms with Crippen LogP contribution in [0.5, 0.6) is 0 Å². The summed E-state index contributed by atoms with van der Waals surface area (Å²) in [5.74, 6) is 0. The summed E-state index contributed by atoms with van der Waals surface area (Å²) in [7, 11) is 0. The van der Waals surface area contributed by atoms with Gasteiger partial charge >= 0.3 is 0 Å². The number of rotatable bonds is 1. The summed E-state index contributed by atoms with van der Waals surface area (Å²) >= 11 is 0. The second-order valence-electron chi connectivity index (χ2n) is 0.531. The van der Waals surface area contributed by atoms with Crippen molar-refractivity contribution in [3.05, 3.63) is 18.6 Å². The van der Waals surface area contributed by atoms with Crippen molar-refractivity contribution in [3.8, 4) is 6.26 Å². The second-order valence-corrected chi connectivity index (χ2v) is 0.531. The minimum Gasteiger partial charge on any atom is -0.387 e. The van der Waals surface area contributed by atoms with Crippen LogP contribution in [-0.4, -0.2) is 0 Å². The Hall–Kier alpha value is -1.19. The number of ether oxygens (including phenoxy) is 1. The average molecular weight is 81.1 g/mol. The first-order valence-corrected chi connectivity index (χ1v) is 1.31. The zero-order valence-corrected chi connectivity index (χ0v) is 3.14. The number of nitriles is 1. The van der Waals surface area contributed by atoms with Gasteiger partial charge in [-0.3, -0.25) is 0 Å². The van der Waals surface area contributed by atoms with Gasteiger partial charge in [0.15, 0.2) is 0 Å². The fraction of sp³-hybridized carbons (Fsp3) is 0. The summed E-state index contributed by atoms with van der Waals surface area (Å²) in [5.41, 5.74) is 2.25. The number of hydrogen-bond acceptors (Lipinski definition) is 2. The molecule has 0 unspecified atom stereocenters. The standard InChI is InChI=1S/C4H3NO/c1-2-3-6-4-5/h3H,1H2. The predicted molar refractivity (Wildman–Crippen MR) is 20.4 cm³/mol. The highest BCUT2D eigenvalue weighted by atomic mass is 16.5. The molecule has 0 aromatic heterocycles. The Morgan fingerprint density at radius 1 is 1.83 bits per heavy atom. The van der Waals surface area contributed by atoms with Crippen LogP contribution in [0.1, 0.15) is 0 Å². The smallest absolute Gasteiger partial charge is 0.292 e. The van der Waals surface area contributed by atoms with Crippen LogP contribution < -0.4 is 0 Å². The second kappa shape index (κ2) is 3.81. The Morgan fingerprint density at radius 2 is 2.50 bits per heavy atom. The van der Waals surface area contributed by atoms with E-state index in [1.807, 2.05) is 0 Å². The molecule has 0 radical (unpaired) electrons. The first-order chi connectivity index (χ1) is 2.91. The normalized spacial score (nSPS) is 4.50. The van der Waals surface area contributed by atoms with Crippen LogP contribution in [0.3, 0.4) is 0 Å². The lowest BCUT2D eigenvalue weighted by atomic mass is 10.9. The van der Waals surface area contributed by atoms with Gasteiger partial charge in [0.05, 0.1) is 0 Å². The molecule has 0 heterocycles. The van der Waals surface area contributed by atoms with E-state index >= 15 is 0 Å². The van der Waals surface area contributed by atoms with Gasteiger partial charge in [-0.15, -0.1) is 5.26 Å². The molecule has 0 spiro atoms. The lowest BCUT2D eigenvalue weighted by Gasteiger charge is -1.67. The van der Waals surface area contributed by atoms with E-state index in [0.29, 0.717) is 0 Å². The van der Waals surface area contributed by atoms with Crippen molar-refractivity contribution in [1.82, 2.24) is 0 Å². The minimum absolute atomic E-state index is 1.08. The molecule has 0 aromatic rings. The molecule has 6 heavy (non-hydrogen) atoms. The SMILES string of the molecule is C=C=COC#N. The summed E-state index contributed by atoms with van der Waals surface area (Å²) in [6, 6.07) is 0. The molecule has 0 amide bonds. The third-order valence-electron chi connectivity index (χ3n) is 0.195. The maximum atomic E-state index is 7.63. The van der Waals surface area contributed by atoms with E-state index < -0.39 is 0 Å². The van der Waals surface area contributed by atoms with Crippen molar-refractivity contribution >= 4 is 0 Å². The summed E-state index contributed by atoms with van der Waals surface area (Å²) < 4.78 is 3.99. The van der Waals surface area contributed by atoms with E-state index in [-0.39, 0.29) is 0 Å². The molecule has 0 N–H and O–H groups in total. The largest absolute Gasteiger partial charge is 0.387 e. The van der Waals surface area contributed by atoms with Crippen molar-refractivity contribution < 1.29 is 4.74 Å². The summed E-state index contributed by atoms with van der Waals surface area (Å²) in [4.78, 5) is 0. The van der Waals surface area contributed by atoms with E-state index in [4.69, 9.17) is 5.26 Å². The molecule has 0 aliphatic carbocycles. The van der Waals surface area contributed by atoms with E-state index in [1.165, 1.54) is 6.26 Å². The lowest BCUT2D eigenvalue weighted by molar-refractivity contribution is 0.430. The molecule has 0 aliphatic heterocycles. The Bertz CT molecular complexity index is 105. The summed E-state index contributed by atoms with van der Waals surface area (Å²) in [6.07, 6.45) is 2.49. The van der Waals surface area contributed by atoms with Crippen LogP contribution in [0.2, 0.25) is 0 Å².